The molecule has 0 aliphatic heterocycles. The van der Waals surface area contributed by atoms with E-state index in [0.717, 1.165) is 49.6 Å². The minimum Gasteiger partial charge on any atom is -1.00 e. The van der Waals surface area contributed by atoms with Crippen LogP contribution in [0.15, 0.2) is 252 Å². The zero-order valence-corrected chi connectivity index (χ0v) is 60.7. The fourth-order valence-corrected chi connectivity index (χ4v) is 9.62. The predicted octanol–water partition coefficient (Wildman–Crippen LogP) is 13.8. The van der Waals surface area contributed by atoms with Crippen LogP contribution in [0.3, 0.4) is 0 Å². The van der Waals surface area contributed by atoms with Gasteiger partial charge in [-0.15, -0.1) is 0 Å². The van der Waals surface area contributed by atoms with Crippen molar-refractivity contribution < 1.29 is 152 Å². The summed E-state index contributed by atoms with van der Waals surface area (Å²) in [5.74, 6) is 6.07. The second-order valence-electron chi connectivity index (χ2n) is 21.9. The summed E-state index contributed by atoms with van der Waals surface area (Å²) in [6, 6.07) is 68.3. The van der Waals surface area contributed by atoms with Gasteiger partial charge in [0.1, 0.15) is 62.0 Å². The van der Waals surface area contributed by atoms with E-state index in [1.807, 2.05) is 164 Å². The fourth-order valence-electron chi connectivity index (χ4n) is 8.85. The predicted molar refractivity (Wildman–Crippen MR) is 352 cm³/mol. The second-order valence-corrected chi connectivity index (χ2v) is 23.4. The van der Waals surface area contributed by atoms with Crippen molar-refractivity contribution >= 4 is 59.9 Å². The Bertz CT molecular complexity index is 4330. The maximum atomic E-state index is 13.6. The van der Waals surface area contributed by atoms with Gasteiger partial charge in [-0.2, -0.15) is 0 Å². The first-order chi connectivity index (χ1) is 42.9. The SMILES string of the molecule is CC(C)(C)c1ccnc(Oc2ccc(O)cc2)c1.CC(C)(C)c1ccnc(Oc2ccc(Oc3cccc(Oc4ccc(-c5nccc6ccccc56)cc4)c3Br)cc2)c1.Fc1cccc(Oc2ccc(-c3nccc4ccccc34)cc2)c1Br.O=CO[O-].[H-].[K+].[K+]. The van der Waals surface area contributed by atoms with Crippen LogP contribution in [0, 0.1) is 5.82 Å². The quantitative estimate of drug-likeness (QED) is 0.0502. The summed E-state index contributed by atoms with van der Waals surface area (Å²) < 4.78 is 44.4. The Balaban J connectivity index is 0.000000228. The van der Waals surface area contributed by atoms with Crippen molar-refractivity contribution in [3.05, 3.63) is 269 Å². The van der Waals surface area contributed by atoms with Gasteiger partial charge in [-0.25, -0.2) is 14.4 Å². The van der Waals surface area contributed by atoms with Crippen molar-refractivity contribution in [2.75, 3.05) is 0 Å². The first-order valence-electron chi connectivity index (χ1n) is 28.0. The molecule has 4 aromatic heterocycles. The van der Waals surface area contributed by atoms with Gasteiger partial charge in [-0.05, 0) is 210 Å². The number of hydrogen-bond donors (Lipinski definition) is 1. The molecular weight excluding hydrogens is 1330 g/mol. The van der Waals surface area contributed by atoms with Crippen molar-refractivity contribution in [2.45, 2.75) is 52.4 Å². The minimum atomic E-state index is -0.353. The molecule has 0 aliphatic carbocycles. The van der Waals surface area contributed by atoms with E-state index in [2.05, 4.69) is 122 Å². The van der Waals surface area contributed by atoms with E-state index in [9.17, 15) is 9.50 Å². The number of carbonyl (C=O) groups is 1. The average Bonchev–Trinajstić information content (AvgIpc) is 1.01. The number of hydrogen-bond acceptors (Lipinski definition) is 13. The number of fused-ring (bicyclic) bond motifs is 2. The van der Waals surface area contributed by atoms with Crippen molar-refractivity contribution in [3.8, 4) is 86.0 Å². The number of aromatic hydroxyl groups is 1. The topological polar surface area (TPSA) is 167 Å². The van der Waals surface area contributed by atoms with Crippen LogP contribution in [0.25, 0.3) is 44.1 Å². The van der Waals surface area contributed by atoms with Crippen molar-refractivity contribution in [1.82, 2.24) is 19.9 Å². The van der Waals surface area contributed by atoms with Crippen LogP contribution in [0.5, 0.6) is 63.5 Å². The third kappa shape index (κ3) is 20.4. The van der Waals surface area contributed by atoms with Crippen molar-refractivity contribution in [3.63, 3.8) is 0 Å². The van der Waals surface area contributed by atoms with E-state index in [0.29, 0.717) is 66.7 Å². The van der Waals surface area contributed by atoms with E-state index in [1.54, 1.807) is 48.8 Å². The number of phenolic OH excluding ortho intramolecular Hbond substituents is 1. The second kappa shape index (κ2) is 34.3. The maximum Gasteiger partial charge on any atom is 1.00 e. The molecule has 0 spiro atoms. The molecule has 1 N–H and O–H groups in total. The number of aromatic nitrogens is 4. The molecule has 13 nitrogen and oxygen atoms in total. The molecule has 0 amide bonds. The molecule has 0 unspecified atom stereocenters. The Morgan fingerprint density at radius 3 is 1.18 bits per heavy atom. The smallest absolute Gasteiger partial charge is 1.00 e. The van der Waals surface area contributed by atoms with Crippen molar-refractivity contribution in [2.24, 2.45) is 0 Å². The molecule has 91 heavy (non-hydrogen) atoms. The number of carbonyl (C=O) groups excluding carboxylic acids is 1. The molecule has 4 heterocycles. The number of ether oxygens (including phenoxy) is 5. The average molecular weight is 1400 g/mol. The summed E-state index contributed by atoms with van der Waals surface area (Å²) in [6.45, 7) is 12.7. The van der Waals surface area contributed by atoms with Crippen LogP contribution in [-0.4, -0.2) is 31.5 Å². The number of rotatable bonds is 13. The van der Waals surface area contributed by atoms with Crippen LogP contribution in [-0.2, 0) is 20.5 Å². The van der Waals surface area contributed by atoms with E-state index >= 15 is 0 Å². The Hall–Kier alpha value is -6.73. The monoisotopic (exact) mass is 1390 g/mol. The van der Waals surface area contributed by atoms with Crippen molar-refractivity contribution in [1.29, 1.82) is 0 Å². The molecule has 0 radical (unpaired) electrons. The van der Waals surface area contributed by atoms with Crippen LogP contribution < -0.4 is 132 Å². The van der Waals surface area contributed by atoms with E-state index < -0.39 is 0 Å². The van der Waals surface area contributed by atoms with E-state index in [4.69, 9.17) is 33.7 Å². The fraction of sp³-hybridized carbons (Fsp3) is 0.110. The Kier molecular flexibility index (Phi) is 27.0. The summed E-state index contributed by atoms with van der Waals surface area (Å²) in [6.07, 6.45) is 7.17. The molecule has 0 aliphatic rings. The summed E-state index contributed by atoms with van der Waals surface area (Å²) in [4.78, 5) is 28.9. The first kappa shape index (κ1) is 71.7. The van der Waals surface area contributed by atoms with Gasteiger partial charge >= 0.3 is 103 Å². The number of phenols is 1. The van der Waals surface area contributed by atoms with Gasteiger partial charge in [0, 0.05) is 58.8 Å². The van der Waals surface area contributed by atoms with Gasteiger partial charge in [0.15, 0.2) is 0 Å². The molecule has 12 aromatic rings. The Labute approximate surface area is 631 Å². The number of halogens is 3. The largest absolute Gasteiger partial charge is 1.00 e. The molecular formula is C73H61Br2FK2N4O9. The molecule has 0 atom stereocenters. The molecule has 0 bridgehead atoms. The van der Waals surface area contributed by atoms with E-state index in [-0.39, 0.29) is 133 Å². The van der Waals surface area contributed by atoms with Gasteiger partial charge in [0.05, 0.1) is 15.9 Å². The van der Waals surface area contributed by atoms with Gasteiger partial charge in [0.2, 0.25) is 11.8 Å². The standard InChI is InChI=1S/C36H29BrN2O3.C21H13BrFNO.C15H17NO2.CH2O3.2K.H/c1-36(2,3)26-20-22-38-33(23-26)42-29-17-15-28(16-18-29)41-32-10-6-9-31(34(32)37)40-27-13-11-25(12-14-27)35-30-8-5-4-7-24(30)19-21-39-35;22-20-18(23)6-3-7-19(20)25-16-10-8-15(9-11-16)21-17-5-2-1-4-14(17)12-13-24-21;1-15(2,3)11-8-9-16-14(10-11)18-13-6-4-12(17)5-7-13;2-1-4-3;;;/h4-23H,1-3H3;1-13H;4-10,17H,1-3H3;1,3H;;;/q;;;;2*+1;-1/p-1. The Morgan fingerprint density at radius 2 is 0.780 bits per heavy atom. The molecule has 8 aromatic carbocycles. The first-order valence-corrected chi connectivity index (χ1v) is 29.6. The van der Waals surface area contributed by atoms with Crippen LogP contribution in [0.1, 0.15) is 54.1 Å². The molecule has 0 saturated heterocycles. The zero-order chi connectivity index (χ0) is 62.9. The van der Waals surface area contributed by atoms with Gasteiger partial charge in [-0.1, -0.05) is 102 Å². The third-order valence-corrected chi connectivity index (χ3v) is 15.0. The van der Waals surface area contributed by atoms with Gasteiger partial charge in [0.25, 0.3) is 6.47 Å². The van der Waals surface area contributed by atoms with Crippen LogP contribution >= 0.6 is 31.9 Å². The minimum absolute atomic E-state index is 0. The summed E-state index contributed by atoms with van der Waals surface area (Å²) in [5, 5.41) is 22.2. The molecule has 0 saturated carbocycles. The number of benzene rings is 8. The molecule has 0 fully saturated rings. The maximum absolute atomic E-state index is 13.6. The van der Waals surface area contributed by atoms with Gasteiger partial charge in [-0.3, -0.25) is 14.8 Å². The van der Waals surface area contributed by atoms with Crippen LogP contribution in [0.2, 0.25) is 0 Å². The Morgan fingerprint density at radius 1 is 0.440 bits per heavy atom. The van der Waals surface area contributed by atoms with Gasteiger partial charge < -0.3 is 40.4 Å². The molecule has 12 rings (SSSR count). The molecule has 18 heteroatoms. The normalized spacial score (nSPS) is 10.7. The summed E-state index contributed by atoms with van der Waals surface area (Å²) in [7, 11) is 0. The number of pyridine rings is 4. The van der Waals surface area contributed by atoms with E-state index in [1.165, 1.54) is 11.6 Å². The third-order valence-electron chi connectivity index (χ3n) is 13.5. The summed E-state index contributed by atoms with van der Waals surface area (Å²) >= 11 is 6.87. The van der Waals surface area contributed by atoms with Crippen LogP contribution in [0.4, 0.5) is 4.39 Å². The molecule has 450 valence electrons. The summed E-state index contributed by atoms with van der Waals surface area (Å²) in [5.41, 5.74) is 6.32. The number of nitrogens with zero attached hydrogens (tertiary/aromatic N) is 4. The zero-order valence-electron chi connectivity index (χ0n) is 52.3.